The zero-order valence-electron chi connectivity index (χ0n) is 20.2. The maximum Gasteiger partial charge on any atom is 0.270 e. The number of hydrogen-bond donors (Lipinski definition) is 1. The number of anilines is 2. The van der Waals surface area contributed by atoms with Gasteiger partial charge in [0.15, 0.2) is 5.78 Å². The lowest BCUT2D eigenvalue weighted by atomic mass is 9.93. The minimum absolute atomic E-state index is 0.0142. The SMILES string of the molecule is CCC(=O)c1c(C)c(C)cc(C)c1NC(=O)c1sccc1S(=O)(=O)N(COC)c1onc(C)c1Cl. The van der Waals surface area contributed by atoms with Crippen LogP contribution < -0.4 is 9.62 Å². The van der Waals surface area contributed by atoms with E-state index >= 15 is 0 Å². The third-order valence-electron chi connectivity index (χ3n) is 5.53. The largest absolute Gasteiger partial charge is 0.363 e. The lowest BCUT2D eigenvalue weighted by Crippen LogP contribution is -2.33. The van der Waals surface area contributed by atoms with Crippen molar-refractivity contribution in [3.63, 3.8) is 0 Å². The minimum Gasteiger partial charge on any atom is -0.363 e. The van der Waals surface area contributed by atoms with Crippen LogP contribution in [0.25, 0.3) is 0 Å². The van der Waals surface area contributed by atoms with E-state index in [4.69, 9.17) is 20.9 Å². The normalized spacial score (nSPS) is 11.5. The van der Waals surface area contributed by atoms with Gasteiger partial charge in [-0.1, -0.05) is 29.7 Å². The van der Waals surface area contributed by atoms with Crippen LogP contribution in [0.4, 0.5) is 11.6 Å². The molecule has 3 aromatic rings. The topological polar surface area (TPSA) is 119 Å². The van der Waals surface area contributed by atoms with Gasteiger partial charge in [0.05, 0.1) is 5.69 Å². The van der Waals surface area contributed by atoms with Crippen molar-refractivity contribution in [2.75, 3.05) is 23.5 Å². The van der Waals surface area contributed by atoms with Crippen molar-refractivity contribution in [1.29, 1.82) is 0 Å². The van der Waals surface area contributed by atoms with Gasteiger partial charge in [-0.2, -0.15) is 0 Å². The molecule has 0 fully saturated rings. The average Bonchev–Trinajstić information content (AvgIpc) is 3.43. The third kappa shape index (κ3) is 4.99. The fraction of sp³-hybridized carbons (Fsp3) is 0.348. The van der Waals surface area contributed by atoms with Gasteiger partial charge in [-0.25, -0.2) is 12.7 Å². The summed E-state index contributed by atoms with van der Waals surface area (Å²) in [7, 11) is -3.02. The van der Waals surface area contributed by atoms with Crippen LogP contribution in [0.3, 0.4) is 0 Å². The molecule has 0 atom stereocenters. The highest BCUT2D eigenvalue weighted by Crippen LogP contribution is 2.35. The standard InChI is InChI=1S/C23H26ClN3O6S2/c1-7-16(28)18-14(4)12(2)10-13(3)20(18)25-22(29)21-17(8-9-34-21)35(30,31)27(11-32-6)23-19(24)15(5)26-33-23/h8-10H,7,11H2,1-6H3,(H,25,29). The Labute approximate surface area is 213 Å². The van der Waals surface area contributed by atoms with E-state index in [9.17, 15) is 18.0 Å². The molecule has 2 heterocycles. The molecule has 1 amide bonds. The number of thiophene rings is 1. The van der Waals surface area contributed by atoms with Gasteiger partial charge in [0.25, 0.3) is 21.8 Å². The number of nitrogens with zero attached hydrogens (tertiary/aromatic N) is 2. The maximum atomic E-state index is 13.6. The van der Waals surface area contributed by atoms with Crippen molar-refractivity contribution in [2.45, 2.75) is 45.9 Å². The molecule has 3 rings (SSSR count). The second-order valence-corrected chi connectivity index (χ2v) is 11.0. The smallest absolute Gasteiger partial charge is 0.270 e. The second kappa shape index (κ2) is 10.5. The fourth-order valence-electron chi connectivity index (χ4n) is 3.58. The van der Waals surface area contributed by atoms with Gasteiger partial charge < -0.3 is 14.6 Å². The van der Waals surface area contributed by atoms with Crippen LogP contribution in [0.15, 0.2) is 26.9 Å². The fourth-order valence-corrected chi connectivity index (χ4v) is 6.43. The lowest BCUT2D eigenvalue weighted by molar-refractivity contribution is 0.0988. The highest BCUT2D eigenvalue weighted by atomic mass is 35.5. The molecule has 9 nitrogen and oxygen atoms in total. The van der Waals surface area contributed by atoms with Gasteiger partial charge >= 0.3 is 0 Å². The Bertz CT molecular complexity index is 1390. The van der Waals surface area contributed by atoms with Gasteiger partial charge in [-0.15, -0.1) is 11.3 Å². The summed E-state index contributed by atoms with van der Waals surface area (Å²) in [5, 5.41) is 7.99. The van der Waals surface area contributed by atoms with E-state index < -0.39 is 22.7 Å². The molecule has 0 aliphatic carbocycles. The van der Waals surface area contributed by atoms with E-state index in [0.29, 0.717) is 22.5 Å². The number of aromatic nitrogens is 1. The lowest BCUT2D eigenvalue weighted by Gasteiger charge is -2.21. The van der Waals surface area contributed by atoms with Gasteiger partial charge in [0, 0.05) is 19.1 Å². The van der Waals surface area contributed by atoms with E-state index in [1.54, 1.807) is 20.8 Å². The summed E-state index contributed by atoms with van der Waals surface area (Å²) in [6, 6.07) is 3.19. The first-order valence-electron chi connectivity index (χ1n) is 10.6. The molecular weight excluding hydrogens is 514 g/mol. The Kier molecular flexibility index (Phi) is 8.05. The Morgan fingerprint density at radius 1 is 1.23 bits per heavy atom. The van der Waals surface area contributed by atoms with Gasteiger partial charge in [0.1, 0.15) is 27.2 Å². The zero-order chi connectivity index (χ0) is 26.1. The van der Waals surface area contributed by atoms with E-state index in [2.05, 4.69) is 10.5 Å². The van der Waals surface area contributed by atoms with Crippen molar-refractivity contribution in [2.24, 2.45) is 0 Å². The number of methoxy groups -OCH3 is 1. The second-order valence-electron chi connectivity index (χ2n) is 7.89. The monoisotopic (exact) mass is 539 g/mol. The molecule has 0 saturated heterocycles. The number of ketones is 1. The number of Topliss-reactive ketones (excluding diaryl/α,β-unsaturated/α-hetero) is 1. The third-order valence-corrected chi connectivity index (χ3v) is 8.76. The highest BCUT2D eigenvalue weighted by Gasteiger charge is 2.35. The number of halogens is 1. The molecule has 0 spiro atoms. The van der Waals surface area contributed by atoms with E-state index in [-0.39, 0.29) is 32.9 Å². The van der Waals surface area contributed by atoms with E-state index in [0.717, 1.165) is 26.8 Å². The number of ether oxygens (including phenoxy) is 1. The van der Waals surface area contributed by atoms with Crippen molar-refractivity contribution in [3.8, 4) is 0 Å². The van der Waals surface area contributed by atoms with Crippen molar-refractivity contribution >= 4 is 56.2 Å². The van der Waals surface area contributed by atoms with Crippen LogP contribution in [0.1, 0.15) is 55.8 Å². The Hall–Kier alpha value is -2.73. The van der Waals surface area contributed by atoms with Crippen molar-refractivity contribution in [3.05, 3.63) is 55.4 Å². The molecule has 35 heavy (non-hydrogen) atoms. The van der Waals surface area contributed by atoms with Crippen LogP contribution >= 0.6 is 22.9 Å². The maximum absolute atomic E-state index is 13.6. The molecule has 0 saturated carbocycles. The van der Waals surface area contributed by atoms with E-state index in [1.807, 2.05) is 19.9 Å². The number of aryl methyl sites for hydroxylation is 3. The summed E-state index contributed by atoms with van der Waals surface area (Å²) >= 11 is 7.15. The quantitative estimate of drug-likeness (QED) is 0.290. The summed E-state index contributed by atoms with van der Waals surface area (Å²) in [5.41, 5.74) is 3.47. The molecular formula is C23H26ClN3O6S2. The number of amides is 1. The molecule has 188 valence electrons. The van der Waals surface area contributed by atoms with Crippen LogP contribution in [-0.4, -0.2) is 39.1 Å². The summed E-state index contributed by atoms with van der Waals surface area (Å²) in [5.74, 6) is -0.998. The van der Waals surface area contributed by atoms with Crippen LogP contribution in [0.2, 0.25) is 5.02 Å². The summed E-state index contributed by atoms with van der Waals surface area (Å²) in [6.45, 7) is 8.40. The molecule has 0 bridgehead atoms. The first-order valence-corrected chi connectivity index (χ1v) is 13.3. The minimum atomic E-state index is -4.33. The van der Waals surface area contributed by atoms with Crippen LogP contribution in [0, 0.1) is 27.7 Å². The molecule has 0 aliphatic rings. The number of benzene rings is 1. The number of hydrogen-bond acceptors (Lipinski definition) is 8. The van der Waals surface area contributed by atoms with Crippen LogP contribution in [-0.2, 0) is 14.8 Å². The first-order chi connectivity index (χ1) is 16.4. The van der Waals surface area contributed by atoms with Gasteiger partial charge in [-0.3, -0.25) is 9.59 Å². The predicted octanol–water partition coefficient (Wildman–Crippen LogP) is 5.27. The predicted molar refractivity (Wildman–Crippen MR) is 135 cm³/mol. The number of carbonyl (C=O) groups is 2. The van der Waals surface area contributed by atoms with E-state index in [1.165, 1.54) is 18.6 Å². The number of nitrogens with one attached hydrogen (secondary N) is 1. The van der Waals surface area contributed by atoms with Crippen LogP contribution in [0.5, 0.6) is 0 Å². The number of carbonyl (C=O) groups excluding carboxylic acids is 2. The Balaban J connectivity index is 2.07. The molecule has 1 N–H and O–H groups in total. The Morgan fingerprint density at radius 3 is 2.49 bits per heavy atom. The van der Waals surface area contributed by atoms with Crippen molar-refractivity contribution in [1.82, 2.24) is 5.16 Å². The molecule has 0 aliphatic heterocycles. The summed E-state index contributed by atoms with van der Waals surface area (Å²) in [4.78, 5) is 25.7. The summed E-state index contributed by atoms with van der Waals surface area (Å²) < 4.78 is 38.2. The zero-order valence-corrected chi connectivity index (χ0v) is 22.6. The number of rotatable bonds is 9. The van der Waals surface area contributed by atoms with Crippen molar-refractivity contribution < 1.29 is 27.3 Å². The van der Waals surface area contributed by atoms with Gasteiger partial charge in [-0.05, 0) is 55.8 Å². The van der Waals surface area contributed by atoms with Gasteiger partial charge in [0.2, 0.25) is 0 Å². The summed E-state index contributed by atoms with van der Waals surface area (Å²) in [6.07, 6.45) is 0.259. The highest BCUT2D eigenvalue weighted by molar-refractivity contribution is 7.93. The molecule has 0 radical (unpaired) electrons. The first kappa shape index (κ1) is 26.9. The molecule has 12 heteroatoms. The average molecular weight is 540 g/mol. The molecule has 0 unspecified atom stereocenters. The number of sulfonamides is 1. The molecule has 1 aromatic carbocycles. The Morgan fingerprint density at radius 2 is 1.91 bits per heavy atom. The molecule has 2 aromatic heterocycles.